The fraction of sp³-hybridized carbons (Fsp3) is 0.455. The minimum Gasteiger partial charge on any atom is -0.316 e. The van der Waals surface area contributed by atoms with Crippen LogP contribution in [-0.4, -0.2) is 23.9 Å². The number of hydrogen-bond acceptors (Lipinski definition) is 3. The molecule has 76 valence electrons. The highest BCUT2D eigenvalue weighted by Gasteiger charge is 1.94. The third-order valence-electron chi connectivity index (χ3n) is 1.94. The van der Waals surface area contributed by atoms with Crippen LogP contribution in [0.1, 0.15) is 19.0 Å². The van der Waals surface area contributed by atoms with E-state index in [1.165, 1.54) is 0 Å². The Morgan fingerprint density at radius 2 is 2.29 bits per heavy atom. The largest absolute Gasteiger partial charge is 0.316 e. The molecule has 1 rings (SSSR count). The minimum absolute atomic E-state index is 0.232. The van der Waals surface area contributed by atoms with Crippen molar-refractivity contribution in [3.05, 3.63) is 30.1 Å². The summed E-state index contributed by atoms with van der Waals surface area (Å²) in [6.45, 7) is 3.26. The lowest BCUT2D eigenvalue weighted by Gasteiger charge is -2.02. The van der Waals surface area contributed by atoms with E-state index in [-0.39, 0.29) is 5.78 Å². The lowest BCUT2D eigenvalue weighted by atomic mass is 10.2. The van der Waals surface area contributed by atoms with Crippen LogP contribution >= 0.6 is 0 Å². The predicted octanol–water partition coefficient (Wildman–Crippen LogP) is 1.19. The fourth-order valence-electron chi connectivity index (χ4n) is 1.15. The maximum absolute atomic E-state index is 10.6. The highest BCUT2D eigenvalue weighted by molar-refractivity contribution is 5.75. The van der Waals surface area contributed by atoms with Gasteiger partial charge in [-0.3, -0.25) is 9.78 Å². The van der Waals surface area contributed by atoms with E-state index in [2.05, 4.69) is 10.3 Å². The van der Waals surface area contributed by atoms with Gasteiger partial charge in [0, 0.05) is 37.8 Å². The molecule has 0 aliphatic heterocycles. The van der Waals surface area contributed by atoms with Gasteiger partial charge in [-0.1, -0.05) is 6.07 Å². The first kappa shape index (κ1) is 10.9. The summed E-state index contributed by atoms with van der Waals surface area (Å²) < 4.78 is 0. The molecule has 0 atom stereocenters. The predicted molar refractivity (Wildman–Crippen MR) is 56.1 cm³/mol. The van der Waals surface area contributed by atoms with Crippen LogP contribution in [0.3, 0.4) is 0 Å². The second kappa shape index (κ2) is 6.27. The molecular formula is C11H16N2O. The van der Waals surface area contributed by atoms with Gasteiger partial charge in [0.1, 0.15) is 5.78 Å². The van der Waals surface area contributed by atoms with E-state index in [0.717, 1.165) is 25.2 Å². The summed E-state index contributed by atoms with van der Waals surface area (Å²) in [5, 5.41) is 3.20. The van der Waals surface area contributed by atoms with Gasteiger partial charge in [0.05, 0.1) is 0 Å². The molecule has 1 aromatic heterocycles. The molecule has 0 saturated heterocycles. The standard InChI is InChI=1S/C11H16N2O/c1-10(14)5-8-12-9-6-11-4-2-3-7-13-11/h2-4,7,12H,5-6,8-9H2,1H3. The third kappa shape index (κ3) is 4.72. The first-order chi connectivity index (χ1) is 6.79. The molecule has 1 aromatic rings. The third-order valence-corrected chi connectivity index (χ3v) is 1.94. The monoisotopic (exact) mass is 192 g/mol. The van der Waals surface area contributed by atoms with Crippen LogP contribution in [0.5, 0.6) is 0 Å². The quantitative estimate of drug-likeness (QED) is 0.688. The Labute approximate surface area is 84.6 Å². The van der Waals surface area contributed by atoms with Crippen molar-refractivity contribution in [2.45, 2.75) is 19.8 Å². The molecule has 3 nitrogen and oxygen atoms in total. The Morgan fingerprint density at radius 3 is 2.93 bits per heavy atom. The van der Waals surface area contributed by atoms with E-state index in [1.54, 1.807) is 13.1 Å². The number of Topliss-reactive ketones (excluding diaryl/α,β-unsaturated/α-hetero) is 1. The van der Waals surface area contributed by atoms with Gasteiger partial charge >= 0.3 is 0 Å². The number of ketones is 1. The number of rotatable bonds is 6. The van der Waals surface area contributed by atoms with Gasteiger partial charge in [-0.25, -0.2) is 0 Å². The van der Waals surface area contributed by atoms with Crippen molar-refractivity contribution in [2.24, 2.45) is 0 Å². The van der Waals surface area contributed by atoms with Crippen molar-refractivity contribution in [1.82, 2.24) is 10.3 Å². The molecule has 0 unspecified atom stereocenters. The molecule has 0 amide bonds. The Bertz CT molecular complexity index is 272. The van der Waals surface area contributed by atoms with Gasteiger partial charge < -0.3 is 5.32 Å². The number of aromatic nitrogens is 1. The topological polar surface area (TPSA) is 42.0 Å². The summed E-state index contributed by atoms with van der Waals surface area (Å²) >= 11 is 0. The lowest BCUT2D eigenvalue weighted by molar-refractivity contribution is -0.116. The van der Waals surface area contributed by atoms with E-state index < -0.39 is 0 Å². The van der Waals surface area contributed by atoms with E-state index in [0.29, 0.717) is 6.42 Å². The van der Waals surface area contributed by atoms with Gasteiger partial charge in [0.2, 0.25) is 0 Å². The maximum Gasteiger partial charge on any atom is 0.131 e. The molecular weight excluding hydrogens is 176 g/mol. The number of pyridine rings is 1. The molecule has 0 aromatic carbocycles. The summed E-state index contributed by atoms with van der Waals surface area (Å²) in [6, 6.07) is 5.90. The zero-order valence-corrected chi connectivity index (χ0v) is 8.49. The first-order valence-corrected chi connectivity index (χ1v) is 4.89. The fourth-order valence-corrected chi connectivity index (χ4v) is 1.15. The normalized spacial score (nSPS) is 10.1. The van der Waals surface area contributed by atoms with Crippen molar-refractivity contribution in [1.29, 1.82) is 0 Å². The molecule has 1 N–H and O–H groups in total. The Kier molecular flexibility index (Phi) is 4.86. The van der Waals surface area contributed by atoms with Crippen LogP contribution in [0.2, 0.25) is 0 Å². The molecule has 3 heteroatoms. The zero-order chi connectivity index (χ0) is 10.2. The molecule has 0 spiro atoms. The summed E-state index contributed by atoms with van der Waals surface area (Å²) in [5.41, 5.74) is 1.09. The SMILES string of the molecule is CC(=O)CCNCCc1ccccn1. The second-order valence-electron chi connectivity index (χ2n) is 3.27. The maximum atomic E-state index is 10.6. The molecule has 0 saturated carbocycles. The molecule has 0 fully saturated rings. The van der Waals surface area contributed by atoms with Crippen LogP contribution in [0, 0.1) is 0 Å². The van der Waals surface area contributed by atoms with Gasteiger partial charge in [-0.15, -0.1) is 0 Å². The Morgan fingerprint density at radius 1 is 1.43 bits per heavy atom. The van der Waals surface area contributed by atoms with Gasteiger partial charge in [0.15, 0.2) is 0 Å². The van der Waals surface area contributed by atoms with Crippen molar-refractivity contribution in [3.8, 4) is 0 Å². The Hall–Kier alpha value is -1.22. The molecule has 14 heavy (non-hydrogen) atoms. The highest BCUT2D eigenvalue weighted by Crippen LogP contribution is 1.92. The molecule has 0 radical (unpaired) electrons. The summed E-state index contributed by atoms with van der Waals surface area (Å²) in [7, 11) is 0. The van der Waals surface area contributed by atoms with E-state index >= 15 is 0 Å². The zero-order valence-electron chi connectivity index (χ0n) is 8.49. The van der Waals surface area contributed by atoms with E-state index in [9.17, 15) is 4.79 Å². The van der Waals surface area contributed by atoms with Gasteiger partial charge in [-0.2, -0.15) is 0 Å². The van der Waals surface area contributed by atoms with Gasteiger partial charge in [-0.05, 0) is 19.1 Å². The number of hydrogen-bond donors (Lipinski definition) is 1. The summed E-state index contributed by atoms with van der Waals surface area (Å²) in [4.78, 5) is 14.8. The highest BCUT2D eigenvalue weighted by atomic mass is 16.1. The van der Waals surface area contributed by atoms with Crippen LogP contribution in [0.25, 0.3) is 0 Å². The smallest absolute Gasteiger partial charge is 0.131 e. The van der Waals surface area contributed by atoms with Crippen molar-refractivity contribution in [2.75, 3.05) is 13.1 Å². The van der Waals surface area contributed by atoms with Crippen LogP contribution in [0.15, 0.2) is 24.4 Å². The lowest BCUT2D eigenvalue weighted by Crippen LogP contribution is -2.20. The van der Waals surface area contributed by atoms with Crippen LogP contribution in [-0.2, 0) is 11.2 Å². The minimum atomic E-state index is 0.232. The average Bonchev–Trinajstić information content (AvgIpc) is 2.18. The van der Waals surface area contributed by atoms with Crippen LogP contribution < -0.4 is 5.32 Å². The molecule has 0 aliphatic rings. The first-order valence-electron chi connectivity index (χ1n) is 4.89. The van der Waals surface area contributed by atoms with Gasteiger partial charge in [0.25, 0.3) is 0 Å². The second-order valence-corrected chi connectivity index (χ2v) is 3.27. The molecule has 0 bridgehead atoms. The van der Waals surface area contributed by atoms with E-state index in [4.69, 9.17) is 0 Å². The van der Waals surface area contributed by atoms with E-state index in [1.807, 2.05) is 18.2 Å². The Balaban J connectivity index is 2.08. The molecule has 1 heterocycles. The van der Waals surface area contributed by atoms with Crippen molar-refractivity contribution >= 4 is 5.78 Å². The molecule has 0 aliphatic carbocycles. The van der Waals surface area contributed by atoms with Crippen molar-refractivity contribution < 1.29 is 4.79 Å². The summed E-state index contributed by atoms with van der Waals surface area (Å²) in [6.07, 6.45) is 3.33. The number of nitrogens with zero attached hydrogens (tertiary/aromatic N) is 1. The number of carbonyl (C=O) groups excluding carboxylic acids is 1. The number of carbonyl (C=O) groups is 1. The van der Waals surface area contributed by atoms with Crippen molar-refractivity contribution in [3.63, 3.8) is 0 Å². The summed E-state index contributed by atoms with van der Waals surface area (Å²) in [5.74, 6) is 0.232. The number of nitrogens with one attached hydrogen (secondary N) is 1. The van der Waals surface area contributed by atoms with Crippen LogP contribution in [0.4, 0.5) is 0 Å². The average molecular weight is 192 g/mol.